The number of ether oxygens (including phenoxy) is 2. The Labute approximate surface area is 143 Å². The van der Waals surface area contributed by atoms with Crippen molar-refractivity contribution in [3.05, 3.63) is 69.5 Å². The van der Waals surface area contributed by atoms with Gasteiger partial charge in [-0.1, -0.05) is 6.07 Å². The lowest BCUT2D eigenvalue weighted by Crippen LogP contribution is -2.20. The van der Waals surface area contributed by atoms with Crippen molar-refractivity contribution in [3.8, 4) is 5.75 Å². The minimum atomic E-state index is -0.491. The molecule has 8 nitrogen and oxygen atoms in total. The highest BCUT2D eigenvalue weighted by atomic mass is 16.7. The minimum absolute atomic E-state index is 0.0683. The van der Waals surface area contributed by atoms with Crippen molar-refractivity contribution in [1.82, 2.24) is 10.3 Å². The number of carbonyl (C=O) groups is 1. The molecule has 1 amide bonds. The molecule has 128 valence electrons. The van der Waals surface area contributed by atoms with Crippen molar-refractivity contribution in [2.45, 2.75) is 13.2 Å². The largest absolute Gasteiger partial charge is 0.467 e. The van der Waals surface area contributed by atoms with E-state index in [4.69, 9.17) is 9.47 Å². The van der Waals surface area contributed by atoms with Crippen molar-refractivity contribution in [1.29, 1.82) is 0 Å². The van der Waals surface area contributed by atoms with E-state index in [0.29, 0.717) is 23.4 Å². The highest BCUT2D eigenvalue weighted by Gasteiger charge is 2.19. The van der Waals surface area contributed by atoms with Gasteiger partial charge in [-0.05, 0) is 17.7 Å². The summed E-state index contributed by atoms with van der Waals surface area (Å²) in [4.78, 5) is 26.5. The van der Waals surface area contributed by atoms with Gasteiger partial charge in [0.2, 0.25) is 5.91 Å². The van der Waals surface area contributed by atoms with Crippen molar-refractivity contribution in [3.63, 3.8) is 0 Å². The summed E-state index contributed by atoms with van der Waals surface area (Å²) < 4.78 is 10.6. The Kier molecular flexibility index (Phi) is 5.00. The maximum Gasteiger partial charge on any atom is 0.270 e. The third-order valence-corrected chi connectivity index (χ3v) is 3.54. The van der Waals surface area contributed by atoms with Gasteiger partial charge in [0, 0.05) is 48.3 Å². The predicted molar refractivity (Wildman–Crippen MR) is 88.5 cm³/mol. The molecule has 0 radical (unpaired) electrons. The molecule has 0 bridgehead atoms. The molecule has 0 unspecified atom stereocenters. The molecular weight excluding hydrogens is 326 g/mol. The summed E-state index contributed by atoms with van der Waals surface area (Å²) in [5, 5.41) is 13.8. The number of nitrogens with one attached hydrogen (secondary N) is 1. The Bertz CT molecular complexity index is 821. The molecule has 0 saturated heterocycles. The summed E-state index contributed by atoms with van der Waals surface area (Å²) in [5.74, 6) is 0.171. The first-order valence-electron chi connectivity index (χ1n) is 7.50. The van der Waals surface area contributed by atoms with Crippen LogP contribution in [0.5, 0.6) is 5.75 Å². The Balaban J connectivity index is 1.74. The van der Waals surface area contributed by atoms with Gasteiger partial charge in [0.1, 0.15) is 5.75 Å². The normalized spacial score (nSPS) is 13.1. The van der Waals surface area contributed by atoms with Crippen LogP contribution in [0.1, 0.15) is 16.7 Å². The number of nitro groups is 1. The third kappa shape index (κ3) is 4.18. The molecule has 1 aromatic heterocycles. The average Bonchev–Trinajstić information content (AvgIpc) is 2.65. The molecule has 0 saturated carbocycles. The molecule has 0 fully saturated rings. The van der Waals surface area contributed by atoms with Crippen LogP contribution in [-0.2, 0) is 22.7 Å². The van der Waals surface area contributed by atoms with E-state index in [2.05, 4.69) is 10.3 Å². The molecule has 8 heteroatoms. The zero-order valence-corrected chi connectivity index (χ0v) is 13.2. The number of aromatic nitrogens is 1. The van der Waals surface area contributed by atoms with Crippen LogP contribution < -0.4 is 10.1 Å². The SMILES string of the molecule is O=C(/C=C\c1cc([N+](=O)[O-])cc2c1OCOC2)NCc1cccnc1. The lowest BCUT2D eigenvalue weighted by Gasteiger charge is -2.19. The molecule has 2 aromatic rings. The molecule has 25 heavy (non-hydrogen) atoms. The Morgan fingerprint density at radius 3 is 3.08 bits per heavy atom. The average molecular weight is 341 g/mol. The fourth-order valence-electron chi connectivity index (χ4n) is 2.38. The van der Waals surface area contributed by atoms with Gasteiger partial charge in [0.05, 0.1) is 11.5 Å². The quantitative estimate of drug-likeness (QED) is 0.508. The van der Waals surface area contributed by atoms with Crippen LogP contribution in [0.3, 0.4) is 0 Å². The number of nitrogens with zero attached hydrogens (tertiary/aromatic N) is 2. The zero-order valence-electron chi connectivity index (χ0n) is 13.2. The van der Waals surface area contributed by atoms with E-state index in [1.54, 1.807) is 18.5 Å². The van der Waals surface area contributed by atoms with Crippen molar-refractivity contribution < 1.29 is 19.2 Å². The molecule has 0 aliphatic carbocycles. The summed E-state index contributed by atoms with van der Waals surface area (Å²) >= 11 is 0. The highest BCUT2D eigenvalue weighted by molar-refractivity contribution is 5.92. The standard InChI is InChI=1S/C17H15N3O5/c21-16(19-9-12-2-1-5-18-8-12)4-3-13-6-15(20(22)23)7-14-10-24-11-25-17(13)14/h1-8H,9-11H2,(H,19,21)/b4-3-. The van der Waals surface area contributed by atoms with Crippen LogP contribution in [0.25, 0.3) is 6.08 Å². The van der Waals surface area contributed by atoms with Crippen LogP contribution in [0.4, 0.5) is 5.69 Å². The molecule has 3 rings (SSSR count). The molecule has 0 spiro atoms. The van der Waals surface area contributed by atoms with Gasteiger partial charge in [-0.2, -0.15) is 0 Å². The van der Waals surface area contributed by atoms with Gasteiger partial charge in [0.15, 0.2) is 6.79 Å². The maximum atomic E-state index is 12.0. The number of pyridine rings is 1. The van der Waals surface area contributed by atoms with Crippen LogP contribution in [0.15, 0.2) is 42.7 Å². The van der Waals surface area contributed by atoms with Crippen LogP contribution in [0.2, 0.25) is 0 Å². The fourth-order valence-corrected chi connectivity index (χ4v) is 2.38. The van der Waals surface area contributed by atoms with E-state index in [0.717, 1.165) is 5.56 Å². The smallest absolute Gasteiger partial charge is 0.270 e. The van der Waals surface area contributed by atoms with Gasteiger partial charge in [-0.3, -0.25) is 19.9 Å². The first-order valence-corrected chi connectivity index (χ1v) is 7.50. The number of hydrogen-bond acceptors (Lipinski definition) is 6. The maximum absolute atomic E-state index is 12.0. The number of amides is 1. The zero-order chi connectivity index (χ0) is 17.6. The minimum Gasteiger partial charge on any atom is -0.467 e. The Morgan fingerprint density at radius 1 is 1.44 bits per heavy atom. The highest BCUT2D eigenvalue weighted by Crippen LogP contribution is 2.33. The number of non-ortho nitro benzene ring substituents is 1. The second kappa shape index (κ2) is 7.54. The molecule has 1 aliphatic rings. The number of rotatable bonds is 5. The van der Waals surface area contributed by atoms with Crippen LogP contribution >= 0.6 is 0 Å². The van der Waals surface area contributed by atoms with Crippen molar-refractivity contribution >= 4 is 17.7 Å². The van der Waals surface area contributed by atoms with Gasteiger partial charge in [0.25, 0.3) is 5.69 Å². The van der Waals surface area contributed by atoms with E-state index in [1.165, 1.54) is 24.3 Å². The summed E-state index contributed by atoms with van der Waals surface area (Å²) in [6.45, 7) is 0.637. The van der Waals surface area contributed by atoms with E-state index in [1.807, 2.05) is 6.07 Å². The second-order valence-electron chi connectivity index (χ2n) is 5.30. The van der Waals surface area contributed by atoms with Gasteiger partial charge in [-0.25, -0.2) is 0 Å². The third-order valence-electron chi connectivity index (χ3n) is 3.54. The lowest BCUT2D eigenvalue weighted by atomic mass is 10.1. The fraction of sp³-hybridized carbons (Fsp3) is 0.176. The number of carbonyl (C=O) groups excluding carboxylic acids is 1. The van der Waals surface area contributed by atoms with E-state index in [9.17, 15) is 14.9 Å². The van der Waals surface area contributed by atoms with E-state index < -0.39 is 4.92 Å². The molecule has 1 aromatic carbocycles. The van der Waals surface area contributed by atoms with Gasteiger partial charge in [-0.15, -0.1) is 0 Å². The van der Waals surface area contributed by atoms with Crippen LogP contribution in [-0.4, -0.2) is 22.6 Å². The lowest BCUT2D eigenvalue weighted by molar-refractivity contribution is -0.385. The first kappa shape index (κ1) is 16.6. The van der Waals surface area contributed by atoms with Crippen molar-refractivity contribution in [2.75, 3.05) is 6.79 Å². The molecular formula is C17H15N3O5. The topological polar surface area (TPSA) is 104 Å². The Hall–Kier alpha value is -3.26. The van der Waals surface area contributed by atoms with E-state index in [-0.39, 0.29) is 25.0 Å². The molecule has 0 atom stereocenters. The summed E-state index contributed by atoms with van der Waals surface area (Å²) in [6, 6.07) is 6.41. The first-order chi connectivity index (χ1) is 12.1. The Morgan fingerprint density at radius 2 is 2.32 bits per heavy atom. The monoisotopic (exact) mass is 341 g/mol. The van der Waals surface area contributed by atoms with E-state index >= 15 is 0 Å². The second-order valence-corrected chi connectivity index (χ2v) is 5.30. The number of benzene rings is 1. The summed E-state index contributed by atoms with van der Waals surface area (Å²) in [7, 11) is 0. The molecule has 1 aliphatic heterocycles. The molecule has 1 N–H and O–H groups in total. The molecule has 2 heterocycles. The van der Waals surface area contributed by atoms with Gasteiger partial charge < -0.3 is 14.8 Å². The predicted octanol–water partition coefficient (Wildman–Crippen LogP) is 2.19. The number of fused-ring (bicyclic) bond motifs is 1. The summed E-state index contributed by atoms with van der Waals surface area (Å²) in [6.07, 6.45) is 6.12. The van der Waals surface area contributed by atoms with Crippen LogP contribution in [0, 0.1) is 10.1 Å². The number of nitro benzene ring substituents is 1. The van der Waals surface area contributed by atoms with Crippen molar-refractivity contribution in [2.24, 2.45) is 0 Å². The summed E-state index contributed by atoms with van der Waals surface area (Å²) in [5.41, 5.74) is 1.83. The van der Waals surface area contributed by atoms with Gasteiger partial charge >= 0.3 is 0 Å². The number of hydrogen-bond donors (Lipinski definition) is 1.